The minimum atomic E-state index is -1.24. The number of nitrogens with two attached hydrogens (primary N) is 1. The highest BCUT2D eigenvalue weighted by atomic mass is 16.7. The zero-order chi connectivity index (χ0) is 26.5. The number of esters is 1. The number of aromatic nitrogens is 2. The highest BCUT2D eigenvalue weighted by Crippen LogP contribution is 2.40. The summed E-state index contributed by atoms with van der Waals surface area (Å²) in [6, 6.07) is 9.38. The minimum Gasteiger partial charge on any atom is -0.451 e. The molecule has 0 bridgehead atoms. The van der Waals surface area contributed by atoms with Crippen molar-refractivity contribution in [3.63, 3.8) is 0 Å². The number of amides is 1. The second-order valence-electron chi connectivity index (χ2n) is 8.95. The van der Waals surface area contributed by atoms with E-state index in [9.17, 15) is 14.4 Å². The Kier molecular flexibility index (Phi) is 8.26. The molecule has 9 nitrogen and oxygen atoms in total. The number of hydrogen-bond donors (Lipinski definition) is 1. The normalized spacial score (nSPS) is 16.7. The maximum atomic E-state index is 13.4. The second-order valence-corrected chi connectivity index (χ2v) is 8.95. The molecule has 1 aromatic heterocycles. The molecule has 36 heavy (non-hydrogen) atoms. The quantitative estimate of drug-likeness (QED) is 0.308. The van der Waals surface area contributed by atoms with Gasteiger partial charge < -0.3 is 20.1 Å². The van der Waals surface area contributed by atoms with Crippen LogP contribution in [0.3, 0.4) is 0 Å². The largest absolute Gasteiger partial charge is 0.451 e. The Morgan fingerprint density at radius 3 is 2.56 bits per heavy atom. The Morgan fingerprint density at radius 1 is 1.28 bits per heavy atom. The summed E-state index contributed by atoms with van der Waals surface area (Å²) in [5, 5.41) is 4.35. The number of rotatable bonds is 10. The third kappa shape index (κ3) is 5.46. The van der Waals surface area contributed by atoms with E-state index >= 15 is 0 Å². The van der Waals surface area contributed by atoms with E-state index in [-0.39, 0.29) is 17.4 Å². The average Bonchev–Trinajstić information content (AvgIpc) is 2.85. The van der Waals surface area contributed by atoms with Crippen molar-refractivity contribution < 1.29 is 19.1 Å². The average molecular weight is 493 g/mol. The number of allylic oxidation sites excluding steroid dienone is 4. The van der Waals surface area contributed by atoms with Gasteiger partial charge in [-0.05, 0) is 31.9 Å². The molecule has 1 aliphatic rings. The van der Waals surface area contributed by atoms with E-state index in [2.05, 4.69) is 18.3 Å². The summed E-state index contributed by atoms with van der Waals surface area (Å²) in [4.78, 5) is 39.8. The van der Waals surface area contributed by atoms with E-state index in [0.29, 0.717) is 13.1 Å². The van der Waals surface area contributed by atoms with Crippen molar-refractivity contribution in [1.29, 1.82) is 0 Å². The molecule has 0 saturated carbocycles. The lowest BCUT2D eigenvalue weighted by molar-refractivity contribution is -0.155. The van der Waals surface area contributed by atoms with E-state index in [1.165, 1.54) is 18.5 Å². The lowest BCUT2D eigenvalue weighted by atomic mass is 9.83. The molecule has 190 valence electrons. The minimum absolute atomic E-state index is 0.00777. The molecular formula is C27H32N4O5. The molecule has 1 aromatic carbocycles. The highest BCUT2D eigenvalue weighted by molar-refractivity contribution is 5.96. The molecular weight excluding hydrogens is 460 g/mol. The van der Waals surface area contributed by atoms with Gasteiger partial charge in [0, 0.05) is 19.0 Å². The van der Waals surface area contributed by atoms with E-state index in [1.54, 1.807) is 17.1 Å². The molecule has 3 rings (SSSR count). The lowest BCUT2D eigenvalue weighted by Crippen LogP contribution is -2.47. The van der Waals surface area contributed by atoms with E-state index in [0.717, 1.165) is 17.3 Å². The molecule has 9 heteroatoms. The summed E-state index contributed by atoms with van der Waals surface area (Å²) in [6.07, 6.45) is 6.40. The Hall–Kier alpha value is -3.98. The Labute approximate surface area is 210 Å². The van der Waals surface area contributed by atoms with Crippen LogP contribution < -0.4 is 15.9 Å². The Bertz CT molecular complexity index is 1230. The Balaban J connectivity index is 2.14. The van der Waals surface area contributed by atoms with Crippen molar-refractivity contribution in [1.82, 2.24) is 14.7 Å². The summed E-state index contributed by atoms with van der Waals surface area (Å²) in [6.45, 7) is 12.8. The summed E-state index contributed by atoms with van der Waals surface area (Å²) in [5.41, 5.74) is 5.75. The molecule has 1 unspecified atom stereocenters. The van der Waals surface area contributed by atoms with Crippen molar-refractivity contribution in [3.8, 4) is 5.75 Å². The van der Waals surface area contributed by atoms with Crippen LogP contribution in [0.25, 0.3) is 0 Å². The van der Waals surface area contributed by atoms with Gasteiger partial charge in [-0.1, -0.05) is 61.7 Å². The first kappa shape index (κ1) is 26.6. The molecule has 2 aromatic rings. The van der Waals surface area contributed by atoms with Crippen molar-refractivity contribution in [3.05, 3.63) is 95.0 Å². The van der Waals surface area contributed by atoms with E-state index in [4.69, 9.17) is 15.2 Å². The summed E-state index contributed by atoms with van der Waals surface area (Å²) >= 11 is 0. The van der Waals surface area contributed by atoms with Gasteiger partial charge in [0.2, 0.25) is 18.0 Å². The monoisotopic (exact) mass is 492 g/mol. The van der Waals surface area contributed by atoms with Crippen LogP contribution in [0.2, 0.25) is 0 Å². The van der Waals surface area contributed by atoms with Crippen molar-refractivity contribution in [2.75, 3.05) is 19.9 Å². The number of nitrogens with zero attached hydrogens (tertiary/aromatic N) is 3. The lowest BCUT2D eigenvalue weighted by Gasteiger charge is -2.39. The first-order valence-electron chi connectivity index (χ1n) is 11.6. The van der Waals surface area contributed by atoms with Gasteiger partial charge in [-0.3, -0.25) is 14.3 Å². The summed E-state index contributed by atoms with van der Waals surface area (Å²) in [7, 11) is 0. The van der Waals surface area contributed by atoms with Crippen LogP contribution in [-0.4, -0.2) is 52.0 Å². The fraction of sp³-hybridized carbons (Fsp3) is 0.333. The number of benzene rings is 1. The van der Waals surface area contributed by atoms with Gasteiger partial charge in [-0.25, -0.2) is 4.79 Å². The van der Waals surface area contributed by atoms with Crippen LogP contribution in [0, 0.1) is 0 Å². The predicted molar refractivity (Wildman–Crippen MR) is 137 cm³/mol. The van der Waals surface area contributed by atoms with Crippen molar-refractivity contribution >= 4 is 11.9 Å². The first-order valence-corrected chi connectivity index (χ1v) is 11.6. The molecule has 0 radical (unpaired) electrons. The molecule has 1 amide bonds. The number of carbonyl (C=O) groups is 2. The molecule has 2 heterocycles. The number of fused-ring (bicyclic) bond motifs is 1. The van der Waals surface area contributed by atoms with Crippen molar-refractivity contribution in [2.45, 2.75) is 38.3 Å². The van der Waals surface area contributed by atoms with Crippen LogP contribution in [0.15, 0.2) is 78.3 Å². The van der Waals surface area contributed by atoms with E-state index < -0.39 is 35.7 Å². The van der Waals surface area contributed by atoms with Crippen LogP contribution >= 0.6 is 0 Å². The van der Waals surface area contributed by atoms with Crippen molar-refractivity contribution in [2.24, 2.45) is 5.73 Å². The van der Waals surface area contributed by atoms with Gasteiger partial charge in [-0.15, -0.1) is 0 Å². The second kappa shape index (κ2) is 11.2. The SMILES string of the molecule is C=C/C=C(\C=C)C(c1ccccc1)[C@H]1CN(CC)C(=O)c2c(OCOC(=O)C(C)(C)N)c(=O)cnn21. The van der Waals surface area contributed by atoms with Gasteiger partial charge in [0.05, 0.1) is 12.2 Å². The molecule has 0 spiro atoms. The number of ether oxygens (including phenoxy) is 2. The molecule has 1 aliphatic heterocycles. The third-order valence-electron chi connectivity index (χ3n) is 5.93. The topological polar surface area (TPSA) is 117 Å². The smallest absolute Gasteiger partial charge is 0.328 e. The highest BCUT2D eigenvalue weighted by Gasteiger charge is 2.39. The standard InChI is InChI=1S/C27H32N4O5/c1-6-12-18(7-2)22(19-13-10-9-11-14-19)20-16-30(8-3)25(33)23-24(21(32)15-29-31(20)23)35-17-36-26(34)27(4,5)28/h6-7,9-15,20,22H,1-2,8,16-17,28H2,3-5H3/b18-12+/t20-,22?/m1/s1. The number of likely N-dealkylation sites (N-methyl/N-ethyl adjacent to an activating group) is 1. The summed E-state index contributed by atoms with van der Waals surface area (Å²) < 4.78 is 12.2. The molecule has 2 atom stereocenters. The van der Waals surface area contributed by atoms with Gasteiger partial charge in [0.15, 0.2) is 5.69 Å². The maximum Gasteiger partial charge on any atom is 0.328 e. The van der Waals surface area contributed by atoms with Crippen LogP contribution in [0.1, 0.15) is 48.8 Å². The maximum absolute atomic E-state index is 13.4. The van der Waals surface area contributed by atoms with E-state index in [1.807, 2.05) is 43.3 Å². The summed E-state index contributed by atoms with van der Waals surface area (Å²) in [5.74, 6) is -1.61. The van der Waals surface area contributed by atoms with Gasteiger partial charge >= 0.3 is 5.97 Å². The molecule has 0 aliphatic carbocycles. The van der Waals surface area contributed by atoms with Crippen LogP contribution in [-0.2, 0) is 9.53 Å². The first-order chi connectivity index (χ1) is 17.1. The molecule has 2 N–H and O–H groups in total. The third-order valence-corrected chi connectivity index (χ3v) is 5.93. The number of carbonyl (C=O) groups excluding carboxylic acids is 2. The molecule has 0 fully saturated rings. The fourth-order valence-corrected chi connectivity index (χ4v) is 4.15. The van der Waals surface area contributed by atoms with Crippen LogP contribution in [0.5, 0.6) is 5.75 Å². The zero-order valence-corrected chi connectivity index (χ0v) is 20.8. The predicted octanol–water partition coefficient (Wildman–Crippen LogP) is 2.96. The zero-order valence-electron chi connectivity index (χ0n) is 20.8. The Morgan fingerprint density at radius 2 is 1.97 bits per heavy atom. The molecule has 0 saturated heterocycles. The number of hydrogen-bond acceptors (Lipinski definition) is 7. The fourth-order valence-electron chi connectivity index (χ4n) is 4.15. The van der Waals surface area contributed by atoms with Gasteiger partial charge in [0.25, 0.3) is 5.91 Å². The van der Waals surface area contributed by atoms with Gasteiger partial charge in [0.1, 0.15) is 5.54 Å². The van der Waals surface area contributed by atoms with Crippen LogP contribution in [0.4, 0.5) is 0 Å². The van der Waals surface area contributed by atoms with Gasteiger partial charge in [-0.2, -0.15) is 5.10 Å².